The molecule has 5 heteroatoms. The van der Waals surface area contributed by atoms with E-state index in [4.69, 9.17) is 16.1 Å². The van der Waals surface area contributed by atoms with Crippen LogP contribution in [-0.4, -0.2) is 17.6 Å². The lowest BCUT2D eigenvalue weighted by Gasteiger charge is -2.00. The first kappa shape index (κ1) is 9.30. The van der Waals surface area contributed by atoms with Gasteiger partial charge in [0.25, 0.3) is 5.91 Å². The Labute approximate surface area is 63.7 Å². The Balaban J connectivity index is 4.58. The number of nitrogens with zero attached hydrogens (tertiary/aromatic N) is 1. The zero-order valence-corrected chi connectivity index (χ0v) is 6.00. The van der Waals surface area contributed by atoms with Crippen molar-refractivity contribution in [1.82, 2.24) is 0 Å². The third kappa shape index (κ3) is 2.58. The van der Waals surface area contributed by atoms with Gasteiger partial charge in [-0.1, -0.05) is 0 Å². The first-order chi connectivity index (χ1) is 5.13. The van der Waals surface area contributed by atoms with E-state index in [2.05, 4.69) is 4.74 Å². The summed E-state index contributed by atoms with van der Waals surface area (Å²) in [6.45, 7) is 1.77. The van der Waals surface area contributed by atoms with Gasteiger partial charge in [0.05, 0.1) is 6.61 Å². The smallest absolute Gasteiger partial charge is 0.301 e. The minimum atomic E-state index is -1.00. The fraction of sp³-hybridized carbons (Fsp3) is 0.333. The number of carbonyl (C=O) groups excluding carboxylic acids is 1. The van der Waals surface area contributed by atoms with Gasteiger partial charge in [-0.25, -0.2) is 0 Å². The molecule has 0 aromatic carbocycles. The maximum atomic E-state index is 10.3. The molecule has 0 rings (SSSR count). The van der Waals surface area contributed by atoms with Gasteiger partial charge in [0.15, 0.2) is 5.57 Å². The fourth-order valence-electron chi connectivity index (χ4n) is 0.417. The Kier molecular flexibility index (Phi) is 3.52. The first-order valence-electron chi connectivity index (χ1n) is 2.89. The number of aliphatic hydroxyl groups excluding tert-OH is 1. The topological polar surface area (TPSA) is 96.3 Å². The van der Waals surface area contributed by atoms with Crippen molar-refractivity contribution in [2.75, 3.05) is 6.61 Å². The van der Waals surface area contributed by atoms with E-state index in [-0.39, 0.29) is 6.61 Å². The normalized spacial score (nSPS) is 11.3. The van der Waals surface area contributed by atoms with Crippen LogP contribution >= 0.6 is 0 Å². The predicted octanol–water partition coefficient (Wildman–Crippen LogP) is -0.199. The van der Waals surface area contributed by atoms with Gasteiger partial charge < -0.3 is 15.6 Å². The van der Waals surface area contributed by atoms with Crippen LogP contribution in [0.25, 0.3) is 0 Å². The summed E-state index contributed by atoms with van der Waals surface area (Å²) >= 11 is 0. The third-order valence-corrected chi connectivity index (χ3v) is 0.853. The Morgan fingerprint density at radius 1 is 1.82 bits per heavy atom. The van der Waals surface area contributed by atoms with Gasteiger partial charge in [0.1, 0.15) is 6.07 Å². The summed E-state index contributed by atoms with van der Waals surface area (Å²) in [4.78, 5) is 10.3. The second kappa shape index (κ2) is 4.17. The molecule has 11 heavy (non-hydrogen) atoms. The lowest BCUT2D eigenvalue weighted by Crippen LogP contribution is -2.15. The summed E-state index contributed by atoms with van der Waals surface area (Å²) in [7, 11) is 0. The summed E-state index contributed by atoms with van der Waals surface area (Å²) in [6.07, 6.45) is 0. The zero-order chi connectivity index (χ0) is 8.85. The van der Waals surface area contributed by atoms with Crippen LogP contribution in [0, 0.1) is 11.3 Å². The van der Waals surface area contributed by atoms with Crippen molar-refractivity contribution in [2.45, 2.75) is 6.92 Å². The molecule has 0 fully saturated rings. The Bertz CT molecular complexity index is 226. The lowest BCUT2D eigenvalue weighted by atomic mass is 10.3. The van der Waals surface area contributed by atoms with Crippen LogP contribution in [0.3, 0.4) is 0 Å². The number of nitrogens with two attached hydrogens (primary N) is 1. The summed E-state index contributed by atoms with van der Waals surface area (Å²) in [6, 6.07) is 1.42. The standard InChI is InChI=1S/C6H8N2O3/c1-2-11-6(10)4(3-7)5(8)9/h10H,2H2,1H3,(H2,8,9)/b6-4+. The van der Waals surface area contributed by atoms with Crippen molar-refractivity contribution in [3.63, 3.8) is 0 Å². The third-order valence-electron chi connectivity index (χ3n) is 0.853. The van der Waals surface area contributed by atoms with Crippen molar-refractivity contribution < 1.29 is 14.6 Å². The highest BCUT2D eigenvalue weighted by molar-refractivity contribution is 5.96. The predicted molar refractivity (Wildman–Crippen MR) is 36.1 cm³/mol. The van der Waals surface area contributed by atoms with Crippen molar-refractivity contribution in [3.8, 4) is 6.07 Å². The molecule has 0 saturated carbocycles. The van der Waals surface area contributed by atoms with E-state index < -0.39 is 17.4 Å². The van der Waals surface area contributed by atoms with Crippen molar-refractivity contribution in [3.05, 3.63) is 11.5 Å². The number of rotatable bonds is 3. The van der Waals surface area contributed by atoms with Crippen LogP contribution in [0.15, 0.2) is 11.5 Å². The number of nitriles is 1. The molecule has 1 amide bonds. The molecular weight excluding hydrogens is 148 g/mol. The highest BCUT2D eigenvalue weighted by Crippen LogP contribution is 2.00. The van der Waals surface area contributed by atoms with E-state index in [1.807, 2.05) is 0 Å². The quantitative estimate of drug-likeness (QED) is 0.336. The molecule has 0 spiro atoms. The molecule has 0 unspecified atom stereocenters. The highest BCUT2D eigenvalue weighted by atomic mass is 16.6. The number of hydrogen-bond donors (Lipinski definition) is 2. The largest absolute Gasteiger partial charge is 0.480 e. The molecule has 0 aromatic rings. The van der Waals surface area contributed by atoms with Crippen LogP contribution in [-0.2, 0) is 9.53 Å². The number of ether oxygens (including phenoxy) is 1. The van der Waals surface area contributed by atoms with Crippen LogP contribution in [0.4, 0.5) is 0 Å². The lowest BCUT2D eigenvalue weighted by molar-refractivity contribution is -0.114. The van der Waals surface area contributed by atoms with Crippen molar-refractivity contribution >= 4 is 5.91 Å². The van der Waals surface area contributed by atoms with Gasteiger partial charge in [0, 0.05) is 0 Å². The van der Waals surface area contributed by atoms with Crippen molar-refractivity contribution in [2.24, 2.45) is 5.73 Å². The molecule has 0 saturated heterocycles. The van der Waals surface area contributed by atoms with Gasteiger partial charge in [0.2, 0.25) is 0 Å². The average Bonchev–Trinajstić information content (AvgIpc) is 1.88. The molecule has 60 valence electrons. The van der Waals surface area contributed by atoms with E-state index in [0.29, 0.717) is 0 Å². The number of carbonyl (C=O) groups is 1. The van der Waals surface area contributed by atoms with Gasteiger partial charge in [-0.2, -0.15) is 5.26 Å². The molecule has 0 radical (unpaired) electrons. The maximum Gasteiger partial charge on any atom is 0.301 e. The monoisotopic (exact) mass is 156 g/mol. The summed E-state index contributed by atoms with van der Waals surface area (Å²) < 4.78 is 4.47. The highest BCUT2D eigenvalue weighted by Gasteiger charge is 2.11. The van der Waals surface area contributed by atoms with Gasteiger partial charge in [-0.3, -0.25) is 4.79 Å². The Morgan fingerprint density at radius 2 is 2.36 bits per heavy atom. The van der Waals surface area contributed by atoms with Gasteiger partial charge in [-0.05, 0) is 6.92 Å². The number of amides is 1. The van der Waals surface area contributed by atoms with Crippen LogP contribution in [0.1, 0.15) is 6.92 Å². The van der Waals surface area contributed by atoms with Gasteiger partial charge in [-0.15, -0.1) is 0 Å². The zero-order valence-electron chi connectivity index (χ0n) is 6.00. The van der Waals surface area contributed by atoms with Crippen LogP contribution in [0.2, 0.25) is 0 Å². The average molecular weight is 156 g/mol. The molecule has 0 bridgehead atoms. The summed E-state index contributed by atoms with van der Waals surface area (Å²) in [5.41, 5.74) is 4.16. The number of primary amides is 1. The molecule has 0 heterocycles. The fourth-order valence-corrected chi connectivity index (χ4v) is 0.417. The molecule has 3 N–H and O–H groups in total. The second-order valence-electron chi connectivity index (χ2n) is 1.59. The molecule has 0 aliphatic rings. The minimum absolute atomic E-state index is 0.171. The minimum Gasteiger partial charge on any atom is -0.480 e. The van der Waals surface area contributed by atoms with E-state index in [1.165, 1.54) is 6.07 Å². The first-order valence-corrected chi connectivity index (χ1v) is 2.89. The molecule has 5 nitrogen and oxygen atoms in total. The van der Waals surface area contributed by atoms with Gasteiger partial charge >= 0.3 is 5.95 Å². The Hall–Kier alpha value is -1.70. The molecule has 0 aliphatic heterocycles. The van der Waals surface area contributed by atoms with E-state index in [9.17, 15) is 4.79 Å². The SMILES string of the molecule is CCO/C(O)=C(\C#N)C(N)=O. The van der Waals surface area contributed by atoms with E-state index in [1.54, 1.807) is 6.92 Å². The molecular formula is C6H8N2O3. The number of hydrogen-bond acceptors (Lipinski definition) is 4. The van der Waals surface area contributed by atoms with Crippen molar-refractivity contribution in [1.29, 1.82) is 5.26 Å². The maximum absolute atomic E-state index is 10.3. The molecule has 0 aliphatic carbocycles. The van der Waals surface area contributed by atoms with Crippen LogP contribution < -0.4 is 5.73 Å². The van der Waals surface area contributed by atoms with E-state index >= 15 is 0 Å². The number of aliphatic hydroxyl groups is 1. The van der Waals surface area contributed by atoms with Crippen LogP contribution in [0.5, 0.6) is 0 Å². The second-order valence-corrected chi connectivity index (χ2v) is 1.59. The molecule has 0 atom stereocenters. The summed E-state index contributed by atoms with van der Waals surface area (Å²) in [5, 5.41) is 17.1. The Morgan fingerprint density at radius 3 is 2.64 bits per heavy atom. The van der Waals surface area contributed by atoms with E-state index in [0.717, 1.165) is 0 Å². The molecule has 0 aromatic heterocycles. The summed E-state index contributed by atoms with van der Waals surface area (Å²) in [5.74, 6) is -1.72.